The van der Waals surface area contributed by atoms with Gasteiger partial charge in [0.15, 0.2) is 0 Å². The van der Waals surface area contributed by atoms with Gasteiger partial charge in [-0.25, -0.2) is 0 Å². The Morgan fingerprint density at radius 3 is 2.08 bits per heavy atom. The van der Waals surface area contributed by atoms with Gasteiger partial charge >= 0.3 is 0 Å². The molecule has 0 bridgehead atoms. The van der Waals surface area contributed by atoms with Crippen LogP contribution in [0.4, 0.5) is 0 Å². The number of unbranched alkanes of at least 4 members (excludes halogenated alkanes) is 10. The van der Waals surface area contributed by atoms with Crippen molar-refractivity contribution in [2.75, 3.05) is 0 Å². The lowest BCUT2D eigenvalue weighted by molar-refractivity contribution is 0.398. The maximum absolute atomic E-state index is 4.63. The lowest BCUT2D eigenvalue weighted by atomic mass is 9.70. The monoisotopic (exact) mass is 522 g/mol. The van der Waals surface area contributed by atoms with Gasteiger partial charge in [0.25, 0.3) is 0 Å². The lowest BCUT2D eigenvalue weighted by Crippen LogP contribution is -2.25. The third-order valence-corrected chi connectivity index (χ3v) is 9.17. The van der Waals surface area contributed by atoms with Gasteiger partial charge in [-0.05, 0) is 58.9 Å². The topological polar surface area (TPSA) is 25.8 Å². The molecule has 0 spiro atoms. The Bertz CT molecular complexity index is 1300. The van der Waals surface area contributed by atoms with Crippen LogP contribution in [0.1, 0.15) is 115 Å². The molecular formula is C35H42N2S. The first-order valence-corrected chi connectivity index (χ1v) is 15.8. The molecule has 38 heavy (non-hydrogen) atoms. The highest BCUT2D eigenvalue weighted by Gasteiger charge is 2.42. The second kappa shape index (κ2) is 13.0. The van der Waals surface area contributed by atoms with Gasteiger partial charge < -0.3 is 0 Å². The zero-order chi connectivity index (χ0) is 26.2. The molecule has 5 rings (SSSR count). The van der Waals surface area contributed by atoms with E-state index in [-0.39, 0.29) is 5.41 Å². The molecule has 3 heteroatoms. The molecule has 0 amide bonds. The fourth-order valence-corrected chi connectivity index (χ4v) is 7.13. The van der Waals surface area contributed by atoms with Gasteiger partial charge in [0.1, 0.15) is 11.0 Å². The van der Waals surface area contributed by atoms with Gasteiger partial charge in [0.2, 0.25) is 0 Å². The number of rotatable bonds is 15. The van der Waals surface area contributed by atoms with Crippen molar-refractivity contribution in [1.29, 1.82) is 0 Å². The van der Waals surface area contributed by atoms with Crippen LogP contribution in [0.3, 0.4) is 0 Å². The summed E-state index contributed by atoms with van der Waals surface area (Å²) in [6, 6.07) is 24.7. The van der Waals surface area contributed by atoms with Gasteiger partial charge in [-0.3, -0.25) is 0 Å². The van der Waals surface area contributed by atoms with Crippen LogP contribution < -0.4 is 0 Å². The van der Waals surface area contributed by atoms with Crippen LogP contribution in [0.15, 0.2) is 48.5 Å². The van der Waals surface area contributed by atoms with Gasteiger partial charge in [0, 0.05) is 17.0 Å². The fourth-order valence-electron chi connectivity index (χ4n) is 6.60. The third-order valence-electron chi connectivity index (χ3n) is 8.64. The summed E-state index contributed by atoms with van der Waals surface area (Å²) in [7, 11) is 0. The summed E-state index contributed by atoms with van der Waals surface area (Å²) in [5.41, 5.74) is 10.2. The molecule has 2 nitrogen and oxygen atoms in total. The van der Waals surface area contributed by atoms with Crippen molar-refractivity contribution in [3.63, 3.8) is 0 Å². The van der Waals surface area contributed by atoms with Crippen molar-refractivity contribution >= 4 is 22.8 Å². The molecular weight excluding hydrogens is 480 g/mol. The number of hydrogen-bond acceptors (Lipinski definition) is 3. The zero-order valence-corrected chi connectivity index (χ0v) is 24.1. The van der Waals surface area contributed by atoms with E-state index in [0.29, 0.717) is 0 Å². The number of nitrogens with zero attached hydrogens (tertiary/aromatic N) is 2. The van der Waals surface area contributed by atoms with Crippen LogP contribution >= 0.6 is 11.7 Å². The largest absolute Gasteiger partial charge is 0.172 e. The van der Waals surface area contributed by atoms with Crippen LogP contribution in [0.25, 0.3) is 33.3 Å². The highest BCUT2D eigenvalue weighted by atomic mass is 32.1. The van der Waals surface area contributed by atoms with Gasteiger partial charge in [0.05, 0.1) is 11.7 Å². The Hall–Kier alpha value is -2.52. The first-order valence-electron chi connectivity index (χ1n) is 15.1. The van der Waals surface area contributed by atoms with Gasteiger partial charge in [-0.1, -0.05) is 127 Å². The predicted molar refractivity (Wildman–Crippen MR) is 163 cm³/mol. The minimum atomic E-state index is 0.0777. The maximum atomic E-state index is 4.63. The summed E-state index contributed by atoms with van der Waals surface area (Å²) in [6.45, 7) is 4.60. The van der Waals surface area contributed by atoms with Crippen LogP contribution in [0, 0.1) is 12.1 Å². The van der Waals surface area contributed by atoms with E-state index >= 15 is 0 Å². The standard InChI is InChI=1S/C35H42N2S/c1-3-5-7-9-11-15-24-35(25-16-12-10-8-6-4-2)31-20-14-13-18-29(31)30-23-22-27(26-32(30)35)28-19-17-21-33-34(28)37-38-36-33/h13,17-20,22-23,26H,3-12,15-16,24-25H2,1-2H3. The first kappa shape index (κ1) is 27.1. The summed E-state index contributed by atoms with van der Waals surface area (Å²) in [5.74, 6) is 0. The number of aromatic nitrogens is 2. The highest BCUT2D eigenvalue weighted by molar-refractivity contribution is 7.00. The SMILES string of the molecule is CCCCCCCCC1(CCCCCCCC)c2c[c]ccc2-c2ccc(-c3cc[c]c4nsnc34)cc21. The van der Waals surface area contributed by atoms with E-state index in [1.807, 2.05) is 6.07 Å². The van der Waals surface area contributed by atoms with E-state index in [1.165, 1.54) is 135 Å². The maximum Gasteiger partial charge on any atom is 0.113 e. The Morgan fingerprint density at radius 2 is 1.34 bits per heavy atom. The van der Waals surface area contributed by atoms with Crippen molar-refractivity contribution in [1.82, 2.24) is 8.75 Å². The molecule has 1 aromatic heterocycles. The van der Waals surface area contributed by atoms with Crippen molar-refractivity contribution in [3.05, 3.63) is 71.8 Å². The Morgan fingerprint density at radius 1 is 0.684 bits per heavy atom. The van der Waals surface area contributed by atoms with E-state index in [2.05, 4.69) is 77.2 Å². The quantitative estimate of drug-likeness (QED) is 0.145. The zero-order valence-electron chi connectivity index (χ0n) is 23.3. The molecule has 0 unspecified atom stereocenters. The average molecular weight is 523 g/mol. The summed E-state index contributed by atoms with van der Waals surface area (Å²) >= 11 is 1.28. The van der Waals surface area contributed by atoms with Crippen molar-refractivity contribution < 1.29 is 0 Å². The molecule has 1 aliphatic rings. The lowest BCUT2D eigenvalue weighted by Gasteiger charge is -2.33. The van der Waals surface area contributed by atoms with E-state index in [9.17, 15) is 0 Å². The summed E-state index contributed by atoms with van der Waals surface area (Å²) < 4.78 is 9.08. The third kappa shape index (κ3) is 5.59. The molecule has 2 radical (unpaired) electrons. The molecule has 1 aliphatic carbocycles. The van der Waals surface area contributed by atoms with E-state index < -0.39 is 0 Å². The average Bonchev–Trinajstić information content (AvgIpc) is 3.54. The number of fused-ring (bicyclic) bond motifs is 4. The second-order valence-corrected chi connectivity index (χ2v) is 11.7. The summed E-state index contributed by atoms with van der Waals surface area (Å²) in [6.07, 6.45) is 18.5. The molecule has 4 aromatic rings. The Balaban J connectivity index is 1.50. The normalized spacial score (nSPS) is 13.6. The van der Waals surface area contributed by atoms with Gasteiger partial charge in [-0.2, -0.15) is 8.75 Å². The van der Waals surface area contributed by atoms with Crippen molar-refractivity contribution in [3.8, 4) is 22.3 Å². The van der Waals surface area contributed by atoms with Crippen LogP contribution in [-0.4, -0.2) is 8.75 Å². The minimum Gasteiger partial charge on any atom is -0.172 e. The van der Waals surface area contributed by atoms with Crippen molar-refractivity contribution in [2.45, 2.75) is 109 Å². The van der Waals surface area contributed by atoms with E-state index in [0.717, 1.165) is 11.0 Å². The second-order valence-electron chi connectivity index (χ2n) is 11.2. The fraction of sp³-hybridized carbons (Fsp3) is 0.486. The molecule has 0 saturated heterocycles. The highest BCUT2D eigenvalue weighted by Crippen LogP contribution is 2.55. The molecule has 0 fully saturated rings. The number of hydrogen-bond donors (Lipinski definition) is 0. The molecule has 0 N–H and O–H groups in total. The summed E-state index contributed by atoms with van der Waals surface area (Å²) in [4.78, 5) is 0. The number of benzene rings is 3. The molecule has 198 valence electrons. The minimum absolute atomic E-state index is 0.0777. The van der Waals surface area contributed by atoms with Crippen LogP contribution in [-0.2, 0) is 5.41 Å². The molecule has 0 aliphatic heterocycles. The molecule has 1 heterocycles. The predicted octanol–water partition coefficient (Wildman–Crippen LogP) is 10.7. The van der Waals surface area contributed by atoms with Gasteiger partial charge in [-0.15, -0.1) is 0 Å². The molecule has 0 atom stereocenters. The van der Waals surface area contributed by atoms with E-state index in [4.69, 9.17) is 0 Å². The Kier molecular flexibility index (Phi) is 9.27. The van der Waals surface area contributed by atoms with Crippen LogP contribution in [0.2, 0.25) is 0 Å². The first-order chi connectivity index (χ1) is 18.8. The molecule has 3 aromatic carbocycles. The van der Waals surface area contributed by atoms with Crippen LogP contribution in [0.5, 0.6) is 0 Å². The molecule has 0 saturated carbocycles. The smallest absolute Gasteiger partial charge is 0.113 e. The Labute approximate surface area is 234 Å². The summed E-state index contributed by atoms with van der Waals surface area (Å²) in [5, 5.41) is 0. The van der Waals surface area contributed by atoms with Crippen molar-refractivity contribution in [2.24, 2.45) is 0 Å². The van der Waals surface area contributed by atoms with E-state index in [1.54, 1.807) is 0 Å².